The topological polar surface area (TPSA) is 49.6 Å². The molecule has 3 heteroatoms. The number of aryl methyl sites for hydroxylation is 1. The van der Waals surface area contributed by atoms with Gasteiger partial charge in [-0.25, -0.2) is 9.97 Å². The second-order valence-corrected chi connectivity index (χ2v) is 5.09. The maximum absolute atomic E-state index is 8.94. The van der Waals surface area contributed by atoms with Crippen molar-refractivity contribution in [3.8, 4) is 17.3 Å². The Bertz CT molecular complexity index is 607. The van der Waals surface area contributed by atoms with Crippen molar-refractivity contribution in [3.63, 3.8) is 0 Å². The zero-order valence-corrected chi connectivity index (χ0v) is 11.5. The van der Waals surface area contributed by atoms with Crippen molar-refractivity contribution < 1.29 is 0 Å². The molecule has 0 atom stereocenters. The third-order valence-electron chi connectivity index (χ3n) is 2.85. The Morgan fingerprint density at radius 1 is 1.16 bits per heavy atom. The van der Waals surface area contributed by atoms with Crippen molar-refractivity contribution in [2.75, 3.05) is 0 Å². The lowest BCUT2D eigenvalue weighted by Gasteiger charge is -2.07. The molecule has 2 aromatic rings. The first-order chi connectivity index (χ1) is 9.08. The van der Waals surface area contributed by atoms with E-state index in [1.807, 2.05) is 0 Å². The predicted molar refractivity (Wildman–Crippen MR) is 75.5 cm³/mol. The Morgan fingerprint density at radius 3 is 2.42 bits per heavy atom. The van der Waals surface area contributed by atoms with Crippen molar-refractivity contribution in [2.45, 2.75) is 27.2 Å². The Morgan fingerprint density at radius 2 is 1.84 bits per heavy atom. The van der Waals surface area contributed by atoms with Gasteiger partial charge in [0.15, 0.2) is 0 Å². The Kier molecular flexibility index (Phi) is 3.91. The first-order valence-corrected chi connectivity index (χ1v) is 6.43. The highest BCUT2D eigenvalue weighted by Gasteiger charge is 2.05. The molecule has 96 valence electrons. The van der Waals surface area contributed by atoms with E-state index in [0.717, 1.165) is 17.7 Å². The van der Waals surface area contributed by atoms with Crippen LogP contribution in [0.15, 0.2) is 30.3 Å². The van der Waals surface area contributed by atoms with Crippen LogP contribution in [0, 0.1) is 24.2 Å². The molecule has 3 nitrogen and oxygen atoms in total. The van der Waals surface area contributed by atoms with Gasteiger partial charge in [-0.15, -0.1) is 0 Å². The molecular weight excluding hydrogens is 234 g/mol. The van der Waals surface area contributed by atoms with Gasteiger partial charge in [0.25, 0.3) is 0 Å². The van der Waals surface area contributed by atoms with E-state index in [4.69, 9.17) is 5.26 Å². The van der Waals surface area contributed by atoms with Crippen LogP contribution in [0.4, 0.5) is 0 Å². The lowest BCUT2D eigenvalue weighted by Crippen LogP contribution is -1.96. The lowest BCUT2D eigenvalue weighted by molar-refractivity contribution is 0.647. The van der Waals surface area contributed by atoms with Crippen molar-refractivity contribution in [2.24, 2.45) is 5.92 Å². The first kappa shape index (κ1) is 13.2. The molecule has 0 amide bonds. The SMILES string of the molecule is Cc1nc(C#N)cc(-c2ccc(CC(C)C)cc2)n1. The zero-order chi connectivity index (χ0) is 13.8. The van der Waals surface area contributed by atoms with Gasteiger partial charge < -0.3 is 0 Å². The van der Waals surface area contributed by atoms with Crippen LogP contribution in [-0.2, 0) is 6.42 Å². The molecule has 1 aromatic carbocycles. The van der Waals surface area contributed by atoms with Crippen LogP contribution < -0.4 is 0 Å². The molecule has 19 heavy (non-hydrogen) atoms. The summed E-state index contributed by atoms with van der Waals surface area (Å²) in [5.41, 5.74) is 3.56. The van der Waals surface area contributed by atoms with Gasteiger partial charge in [-0.1, -0.05) is 38.1 Å². The van der Waals surface area contributed by atoms with E-state index in [0.29, 0.717) is 17.4 Å². The number of hydrogen-bond donors (Lipinski definition) is 0. The molecule has 2 rings (SSSR count). The van der Waals surface area contributed by atoms with Crippen LogP contribution in [0.25, 0.3) is 11.3 Å². The van der Waals surface area contributed by atoms with Crippen molar-refractivity contribution in [3.05, 3.63) is 47.4 Å². The van der Waals surface area contributed by atoms with Crippen LogP contribution in [0.5, 0.6) is 0 Å². The average Bonchev–Trinajstić information content (AvgIpc) is 2.38. The Hall–Kier alpha value is -2.21. The molecule has 0 saturated carbocycles. The highest BCUT2D eigenvalue weighted by atomic mass is 14.9. The van der Waals surface area contributed by atoms with Gasteiger partial charge in [-0.05, 0) is 24.8 Å². The molecule has 0 aliphatic carbocycles. The van der Waals surface area contributed by atoms with E-state index >= 15 is 0 Å². The van der Waals surface area contributed by atoms with Gasteiger partial charge >= 0.3 is 0 Å². The second-order valence-electron chi connectivity index (χ2n) is 5.09. The summed E-state index contributed by atoms with van der Waals surface area (Å²) < 4.78 is 0. The molecule has 0 unspecified atom stereocenters. The largest absolute Gasteiger partial charge is 0.233 e. The quantitative estimate of drug-likeness (QED) is 0.838. The zero-order valence-electron chi connectivity index (χ0n) is 11.5. The minimum atomic E-state index is 0.411. The molecular formula is C16H17N3. The molecule has 0 bridgehead atoms. The number of aromatic nitrogens is 2. The van der Waals surface area contributed by atoms with E-state index in [9.17, 15) is 0 Å². The highest BCUT2D eigenvalue weighted by molar-refractivity contribution is 5.60. The summed E-state index contributed by atoms with van der Waals surface area (Å²) in [5.74, 6) is 1.28. The Labute approximate surface area is 114 Å². The molecule has 0 spiro atoms. The summed E-state index contributed by atoms with van der Waals surface area (Å²) in [5, 5.41) is 8.94. The van der Waals surface area contributed by atoms with Gasteiger partial charge in [0.1, 0.15) is 17.6 Å². The van der Waals surface area contributed by atoms with Gasteiger partial charge in [-0.2, -0.15) is 5.26 Å². The average molecular weight is 251 g/mol. The van der Waals surface area contributed by atoms with E-state index < -0.39 is 0 Å². The van der Waals surface area contributed by atoms with E-state index in [-0.39, 0.29) is 0 Å². The molecule has 0 aliphatic rings. The van der Waals surface area contributed by atoms with Gasteiger partial charge in [-0.3, -0.25) is 0 Å². The first-order valence-electron chi connectivity index (χ1n) is 6.43. The minimum absolute atomic E-state index is 0.411. The molecule has 1 heterocycles. The molecule has 1 aromatic heterocycles. The third-order valence-corrected chi connectivity index (χ3v) is 2.85. The summed E-state index contributed by atoms with van der Waals surface area (Å²) in [6.45, 7) is 6.22. The number of nitrogens with zero attached hydrogens (tertiary/aromatic N) is 3. The van der Waals surface area contributed by atoms with Crippen LogP contribution >= 0.6 is 0 Å². The fourth-order valence-corrected chi connectivity index (χ4v) is 2.06. The van der Waals surface area contributed by atoms with Crippen LogP contribution in [-0.4, -0.2) is 9.97 Å². The van der Waals surface area contributed by atoms with E-state index in [1.54, 1.807) is 13.0 Å². The van der Waals surface area contributed by atoms with Gasteiger partial charge in [0, 0.05) is 11.6 Å². The second kappa shape index (κ2) is 5.62. The lowest BCUT2D eigenvalue weighted by atomic mass is 10.0. The summed E-state index contributed by atoms with van der Waals surface area (Å²) in [7, 11) is 0. The summed E-state index contributed by atoms with van der Waals surface area (Å²) >= 11 is 0. The van der Waals surface area contributed by atoms with Gasteiger partial charge in [0.05, 0.1) is 5.69 Å². The van der Waals surface area contributed by atoms with E-state index in [2.05, 4.69) is 54.2 Å². The maximum Gasteiger partial charge on any atom is 0.144 e. The number of hydrogen-bond acceptors (Lipinski definition) is 3. The monoisotopic (exact) mass is 251 g/mol. The van der Waals surface area contributed by atoms with Crippen molar-refractivity contribution in [1.82, 2.24) is 9.97 Å². The minimum Gasteiger partial charge on any atom is -0.233 e. The molecule has 0 fully saturated rings. The van der Waals surface area contributed by atoms with Crippen LogP contribution in [0.1, 0.15) is 30.9 Å². The van der Waals surface area contributed by atoms with E-state index in [1.165, 1.54) is 5.56 Å². The van der Waals surface area contributed by atoms with Crippen molar-refractivity contribution in [1.29, 1.82) is 5.26 Å². The number of rotatable bonds is 3. The number of nitriles is 1. The van der Waals surface area contributed by atoms with Crippen molar-refractivity contribution >= 4 is 0 Å². The molecule has 0 radical (unpaired) electrons. The fourth-order valence-electron chi connectivity index (χ4n) is 2.06. The normalized spacial score (nSPS) is 10.5. The Balaban J connectivity index is 2.32. The number of benzene rings is 1. The van der Waals surface area contributed by atoms with Gasteiger partial charge in [0.2, 0.25) is 0 Å². The predicted octanol–water partition coefficient (Wildman–Crippen LogP) is 3.52. The summed E-state index contributed by atoms with van der Waals surface area (Å²) in [6, 6.07) is 12.2. The standard InChI is InChI=1S/C16H17N3/c1-11(2)8-13-4-6-14(7-5-13)16-9-15(10-17)18-12(3)19-16/h4-7,9,11H,8H2,1-3H3. The smallest absolute Gasteiger partial charge is 0.144 e. The molecule has 0 N–H and O–H groups in total. The third kappa shape index (κ3) is 3.38. The molecule has 0 aliphatic heterocycles. The fraction of sp³-hybridized carbons (Fsp3) is 0.312. The van der Waals surface area contributed by atoms with Crippen LogP contribution in [0.2, 0.25) is 0 Å². The highest BCUT2D eigenvalue weighted by Crippen LogP contribution is 2.19. The van der Waals surface area contributed by atoms with Crippen LogP contribution in [0.3, 0.4) is 0 Å². The maximum atomic E-state index is 8.94. The summed E-state index contributed by atoms with van der Waals surface area (Å²) in [6.07, 6.45) is 1.08. The molecule has 0 saturated heterocycles. The summed E-state index contributed by atoms with van der Waals surface area (Å²) in [4.78, 5) is 8.44.